The molecule has 0 fully saturated rings. The molecule has 0 radical (unpaired) electrons. The molecule has 0 aliphatic rings. The van der Waals surface area contributed by atoms with Gasteiger partial charge in [0.25, 0.3) is 11.8 Å². The third-order valence-electron chi connectivity index (χ3n) is 5.61. The number of halogens is 2. The number of amides is 3. The average molecular weight is 574 g/mol. The zero-order valence-electron chi connectivity index (χ0n) is 21.4. The van der Waals surface area contributed by atoms with Crippen LogP contribution in [0.3, 0.4) is 0 Å². The number of thioether (sulfide) groups is 1. The smallest absolute Gasteiger partial charge is 0.272 e. The lowest BCUT2D eigenvalue weighted by Gasteiger charge is -2.13. The molecule has 0 atom stereocenters. The first kappa shape index (κ1) is 28.6. The highest BCUT2D eigenvalue weighted by Gasteiger charge is 2.17. The maximum atomic E-state index is 14.5. The van der Waals surface area contributed by atoms with Crippen molar-refractivity contribution in [3.63, 3.8) is 0 Å². The van der Waals surface area contributed by atoms with Crippen LogP contribution in [0.5, 0.6) is 0 Å². The van der Waals surface area contributed by atoms with E-state index in [1.807, 2.05) is 37.3 Å². The zero-order valence-corrected chi connectivity index (χ0v) is 23.0. The number of benzene rings is 4. The fourth-order valence-corrected chi connectivity index (χ4v) is 4.55. The number of nitrogens with one attached hydrogen (secondary N) is 3. The third-order valence-corrected chi connectivity index (χ3v) is 6.94. The van der Waals surface area contributed by atoms with E-state index in [1.165, 1.54) is 36.0 Å². The molecule has 3 amide bonds. The van der Waals surface area contributed by atoms with E-state index in [2.05, 4.69) is 16.0 Å². The highest BCUT2D eigenvalue weighted by atomic mass is 35.5. The number of hydrogen-bond acceptors (Lipinski definition) is 4. The highest BCUT2D eigenvalue weighted by molar-refractivity contribution is 8.00. The summed E-state index contributed by atoms with van der Waals surface area (Å²) < 4.78 is 14.5. The predicted octanol–water partition coefficient (Wildman–Crippen LogP) is 6.93. The van der Waals surface area contributed by atoms with Crippen LogP contribution >= 0.6 is 23.4 Å². The second-order valence-corrected chi connectivity index (χ2v) is 10.2. The van der Waals surface area contributed by atoms with Crippen molar-refractivity contribution in [2.45, 2.75) is 11.8 Å². The molecule has 0 aliphatic carbocycles. The number of carbonyl (C=O) groups is 3. The van der Waals surface area contributed by atoms with E-state index in [4.69, 9.17) is 11.6 Å². The molecule has 4 aromatic rings. The Kier molecular flexibility index (Phi) is 9.72. The third kappa shape index (κ3) is 8.05. The van der Waals surface area contributed by atoms with Gasteiger partial charge in [-0.3, -0.25) is 14.4 Å². The molecular formula is C31H25ClFN3O3S. The molecule has 9 heteroatoms. The largest absolute Gasteiger partial charge is 0.325 e. The maximum Gasteiger partial charge on any atom is 0.272 e. The van der Waals surface area contributed by atoms with Gasteiger partial charge in [0.2, 0.25) is 5.91 Å². The van der Waals surface area contributed by atoms with Crippen LogP contribution in [0.15, 0.2) is 108 Å². The van der Waals surface area contributed by atoms with Gasteiger partial charge in [0.05, 0.1) is 10.8 Å². The summed E-state index contributed by atoms with van der Waals surface area (Å²) in [5, 5.41) is 8.23. The fourth-order valence-electron chi connectivity index (χ4n) is 3.58. The Morgan fingerprint density at radius 2 is 1.57 bits per heavy atom. The molecule has 0 saturated heterocycles. The minimum atomic E-state index is -0.678. The maximum absolute atomic E-state index is 14.5. The molecule has 0 heterocycles. The van der Waals surface area contributed by atoms with E-state index in [0.29, 0.717) is 16.9 Å². The first-order valence-electron chi connectivity index (χ1n) is 12.2. The lowest BCUT2D eigenvalue weighted by atomic mass is 10.1. The summed E-state index contributed by atoms with van der Waals surface area (Å²) in [6, 6.07) is 26.9. The van der Waals surface area contributed by atoms with Crippen molar-refractivity contribution in [1.82, 2.24) is 5.32 Å². The van der Waals surface area contributed by atoms with E-state index in [0.717, 1.165) is 10.5 Å². The van der Waals surface area contributed by atoms with Gasteiger partial charge in [0.15, 0.2) is 0 Å². The van der Waals surface area contributed by atoms with E-state index < -0.39 is 17.6 Å². The van der Waals surface area contributed by atoms with Crippen molar-refractivity contribution < 1.29 is 18.8 Å². The van der Waals surface area contributed by atoms with Crippen LogP contribution in [0.25, 0.3) is 6.08 Å². The molecule has 0 aliphatic heterocycles. The van der Waals surface area contributed by atoms with Crippen molar-refractivity contribution in [3.05, 3.63) is 130 Å². The van der Waals surface area contributed by atoms with Gasteiger partial charge < -0.3 is 16.0 Å². The molecule has 40 heavy (non-hydrogen) atoms. The predicted molar refractivity (Wildman–Crippen MR) is 159 cm³/mol. The van der Waals surface area contributed by atoms with Crippen LogP contribution in [0.4, 0.5) is 15.8 Å². The van der Waals surface area contributed by atoms with Crippen LogP contribution in [0.2, 0.25) is 5.02 Å². The SMILES string of the molecule is Cc1ccc(NC(=O)CSc2cccc(NC(=O)/C(=C\c3c(F)cccc3Cl)NC(=O)c3ccccc3)c2)cc1. The van der Waals surface area contributed by atoms with Gasteiger partial charge in [-0.1, -0.05) is 59.6 Å². The highest BCUT2D eigenvalue weighted by Crippen LogP contribution is 2.24. The van der Waals surface area contributed by atoms with Crippen LogP contribution in [0.1, 0.15) is 21.5 Å². The Hall–Kier alpha value is -4.40. The Morgan fingerprint density at radius 3 is 2.30 bits per heavy atom. The second kappa shape index (κ2) is 13.6. The van der Waals surface area contributed by atoms with Gasteiger partial charge in [0, 0.05) is 27.4 Å². The van der Waals surface area contributed by atoms with Crippen molar-refractivity contribution in [3.8, 4) is 0 Å². The summed E-state index contributed by atoms with van der Waals surface area (Å²) in [5.41, 5.74) is 2.32. The standard InChI is InChI=1S/C31H25ClFN3O3S/c1-20-13-15-22(16-14-20)34-29(37)19-40-24-10-5-9-23(17-24)35-31(39)28(18-25-26(32)11-6-12-27(25)33)36-30(38)21-7-3-2-4-8-21/h2-18H,19H2,1H3,(H,34,37)(H,35,39)(H,36,38)/b28-18+. The Labute approximate surface area is 240 Å². The van der Waals surface area contributed by atoms with Crippen LogP contribution in [-0.2, 0) is 9.59 Å². The van der Waals surface area contributed by atoms with Crippen molar-refractivity contribution in [1.29, 1.82) is 0 Å². The van der Waals surface area contributed by atoms with Crippen LogP contribution in [0, 0.1) is 12.7 Å². The molecule has 0 spiro atoms. The summed E-state index contributed by atoms with van der Waals surface area (Å²) in [5.74, 6) is -1.87. The van der Waals surface area contributed by atoms with Gasteiger partial charge in [-0.15, -0.1) is 11.8 Å². The van der Waals surface area contributed by atoms with Crippen molar-refractivity contribution in [2.24, 2.45) is 0 Å². The lowest BCUT2D eigenvalue weighted by molar-refractivity contribution is -0.114. The molecule has 202 valence electrons. The molecular weight excluding hydrogens is 549 g/mol. The molecule has 3 N–H and O–H groups in total. The molecule has 0 bridgehead atoms. The quantitative estimate of drug-likeness (QED) is 0.150. The number of hydrogen-bond donors (Lipinski definition) is 3. The van der Waals surface area contributed by atoms with Crippen LogP contribution < -0.4 is 16.0 Å². The van der Waals surface area contributed by atoms with E-state index in [9.17, 15) is 18.8 Å². The molecule has 6 nitrogen and oxygen atoms in total. The van der Waals surface area contributed by atoms with E-state index in [-0.39, 0.29) is 27.9 Å². The van der Waals surface area contributed by atoms with Crippen LogP contribution in [-0.4, -0.2) is 23.5 Å². The Balaban J connectivity index is 1.48. The minimum absolute atomic E-state index is 0.0356. The summed E-state index contributed by atoms with van der Waals surface area (Å²) in [7, 11) is 0. The summed E-state index contributed by atoms with van der Waals surface area (Å²) >= 11 is 7.47. The number of aryl methyl sites for hydroxylation is 1. The van der Waals surface area contributed by atoms with E-state index in [1.54, 1.807) is 48.5 Å². The van der Waals surface area contributed by atoms with Gasteiger partial charge in [-0.05, 0) is 67.6 Å². The fraction of sp³-hybridized carbons (Fsp3) is 0.0645. The van der Waals surface area contributed by atoms with E-state index >= 15 is 0 Å². The topological polar surface area (TPSA) is 87.3 Å². The van der Waals surface area contributed by atoms with Gasteiger partial charge in [-0.2, -0.15) is 0 Å². The molecule has 4 rings (SSSR count). The van der Waals surface area contributed by atoms with Gasteiger partial charge in [-0.25, -0.2) is 4.39 Å². The van der Waals surface area contributed by atoms with Gasteiger partial charge >= 0.3 is 0 Å². The number of rotatable bonds is 9. The first-order chi connectivity index (χ1) is 19.3. The normalized spacial score (nSPS) is 11.0. The Bertz CT molecular complexity index is 1540. The lowest BCUT2D eigenvalue weighted by Crippen LogP contribution is -2.30. The minimum Gasteiger partial charge on any atom is -0.325 e. The average Bonchev–Trinajstić information content (AvgIpc) is 2.95. The van der Waals surface area contributed by atoms with Gasteiger partial charge in [0.1, 0.15) is 11.5 Å². The summed E-state index contributed by atoms with van der Waals surface area (Å²) in [6.07, 6.45) is 1.20. The van der Waals surface area contributed by atoms with Crippen molar-refractivity contribution >= 4 is 58.5 Å². The number of carbonyl (C=O) groups excluding carboxylic acids is 3. The second-order valence-electron chi connectivity index (χ2n) is 8.70. The molecule has 0 unspecified atom stereocenters. The van der Waals surface area contributed by atoms with Crippen molar-refractivity contribution in [2.75, 3.05) is 16.4 Å². The molecule has 4 aromatic carbocycles. The molecule has 0 aromatic heterocycles. The monoisotopic (exact) mass is 573 g/mol. The number of anilines is 2. The molecule has 0 saturated carbocycles. The zero-order chi connectivity index (χ0) is 28.5. The Morgan fingerprint density at radius 1 is 0.850 bits per heavy atom. The first-order valence-corrected chi connectivity index (χ1v) is 13.6. The summed E-state index contributed by atoms with van der Waals surface area (Å²) in [4.78, 5) is 39.2. The summed E-state index contributed by atoms with van der Waals surface area (Å²) in [6.45, 7) is 1.97.